The van der Waals surface area contributed by atoms with Gasteiger partial charge >= 0.3 is 0 Å². The summed E-state index contributed by atoms with van der Waals surface area (Å²) in [6.45, 7) is 2.08. The van der Waals surface area contributed by atoms with Crippen molar-refractivity contribution in [2.24, 2.45) is 0 Å². The van der Waals surface area contributed by atoms with Crippen LogP contribution in [0.4, 0.5) is 5.13 Å². The van der Waals surface area contributed by atoms with Crippen LogP contribution in [0.3, 0.4) is 0 Å². The summed E-state index contributed by atoms with van der Waals surface area (Å²) in [5, 5.41) is 11.6. The normalized spacial score (nSPS) is 16.3. The van der Waals surface area contributed by atoms with Crippen LogP contribution in [-0.2, 0) is 23.4 Å². The number of carbonyl (C=O) groups is 1. The van der Waals surface area contributed by atoms with E-state index < -0.39 is 0 Å². The molecule has 0 unspecified atom stereocenters. The quantitative estimate of drug-likeness (QED) is 0.594. The van der Waals surface area contributed by atoms with Crippen LogP contribution in [-0.4, -0.2) is 21.9 Å². The lowest BCUT2D eigenvalue weighted by atomic mass is 9.95. The average molecular weight is 396 g/mol. The summed E-state index contributed by atoms with van der Waals surface area (Å²) in [6, 6.07) is 0. The number of aromatic nitrogens is 2. The Bertz CT molecular complexity index is 808. The molecule has 8 heteroatoms. The lowest BCUT2D eigenvalue weighted by Gasteiger charge is -2.15. The van der Waals surface area contributed by atoms with Crippen molar-refractivity contribution in [1.82, 2.24) is 10.2 Å². The number of thiophene rings is 1. The van der Waals surface area contributed by atoms with Crippen molar-refractivity contribution in [1.29, 1.82) is 0 Å². The third-order valence-electron chi connectivity index (χ3n) is 4.06. The molecular weight excluding hydrogens is 378 g/mol. The summed E-state index contributed by atoms with van der Waals surface area (Å²) >= 11 is 6.58. The largest absolute Gasteiger partial charge is 0.296 e. The molecule has 24 heavy (non-hydrogen) atoms. The molecule has 2 aromatic heterocycles. The highest BCUT2D eigenvalue weighted by atomic mass is 32.2. The summed E-state index contributed by atoms with van der Waals surface area (Å²) in [5.74, 6) is 1.80. The zero-order valence-corrected chi connectivity index (χ0v) is 16.5. The first-order valence-corrected chi connectivity index (χ1v) is 11.6. The van der Waals surface area contributed by atoms with Crippen LogP contribution < -0.4 is 5.32 Å². The van der Waals surface area contributed by atoms with Crippen molar-refractivity contribution in [2.45, 2.75) is 42.7 Å². The van der Waals surface area contributed by atoms with E-state index in [0.717, 1.165) is 20.8 Å². The van der Waals surface area contributed by atoms with Crippen LogP contribution in [0.25, 0.3) is 6.08 Å². The summed E-state index contributed by atoms with van der Waals surface area (Å²) in [7, 11) is 0. The first-order valence-electron chi connectivity index (χ1n) is 8.00. The molecule has 0 bridgehead atoms. The number of carbonyl (C=O) groups excluding carboxylic acids is 1. The SMILES string of the molecule is CCSc1nnc(NC(=O)C2=Cc3sc4c(c3CS2)CCCC4)s1. The van der Waals surface area contributed by atoms with E-state index in [1.54, 1.807) is 29.1 Å². The summed E-state index contributed by atoms with van der Waals surface area (Å²) < 4.78 is 0.895. The third-order valence-corrected chi connectivity index (χ3v) is 8.25. The fourth-order valence-corrected chi connectivity index (χ4v) is 7.15. The van der Waals surface area contributed by atoms with Gasteiger partial charge < -0.3 is 0 Å². The smallest absolute Gasteiger partial charge is 0.263 e. The second kappa shape index (κ2) is 7.19. The minimum atomic E-state index is -0.0683. The summed E-state index contributed by atoms with van der Waals surface area (Å²) in [5.41, 5.74) is 3.03. The van der Waals surface area contributed by atoms with Crippen molar-refractivity contribution < 1.29 is 4.79 Å². The molecular formula is C16H17N3OS4. The Hall–Kier alpha value is -0.830. The van der Waals surface area contributed by atoms with Gasteiger partial charge in [0.2, 0.25) is 5.13 Å². The second-order valence-corrected chi connectivity index (χ2v) is 10.3. The van der Waals surface area contributed by atoms with E-state index in [4.69, 9.17) is 0 Å². The Labute approximate surface area is 157 Å². The van der Waals surface area contributed by atoms with E-state index in [1.165, 1.54) is 52.3 Å². The van der Waals surface area contributed by atoms with Gasteiger partial charge in [-0.05, 0) is 48.6 Å². The molecule has 4 rings (SSSR count). The lowest BCUT2D eigenvalue weighted by molar-refractivity contribution is -0.112. The number of anilines is 1. The fourth-order valence-electron chi connectivity index (χ4n) is 2.97. The first-order chi connectivity index (χ1) is 11.7. The number of hydrogen-bond donors (Lipinski definition) is 1. The lowest BCUT2D eigenvalue weighted by Crippen LogP contribution is -2.14. The van der Waals surface area contributed by atoms with E-state index in [-0.39, 0.29) is 5.91 Å². The molecule has 2 aromatic rings. The van der Waals surface area contributed by atoms with Gasteiger partial charge in [-0.15, -0.1) is 33.3 Å². The van der Waals surface area contributed by atoms with Crippen LogP contribution >= 0.6 is 46.2 Å². The Morgan fingerprint density at radius 1 is 1.25 bits per heavy atom. The molecule has 0 fully saturated rings. The molecule has 4 nitrogen and oxygen atoms in total. The number of nitrogens with zero attached hydrogens (tertiary/aromatic N) is 2. The fraction of sp³-hybridized carbons (Fsp3) is 0.438. The van der Waals surface area contributed by atoms with Crippen molar-refractivity contribution in [2.75, 3.05) is 11.1 Å². The minimum Gasteiger partial charge on any atom is -0.296 e. The Balaban J connectivity index is 1.51. The molecule has 1 N–H and O–H groups in total. The second-order valence-electron chi connectivity index (χ2n) is 5.61. The van der Waals surface area contributed by atoms with Crippen molar-refractivity contribution in [3.8, 4) is 0 Å². The van der Waals surface area contributed by atoms with Gasteiger partial charge in [-0.2, -0.15) is 0 Å². The molecule has 0 spiro atoms. The van der Waals surface area contributed by atoms with Gasteiger partial charge in [-0.1, -0.05) is 30.0 Å². The standard InChI is InChI=1S/C16H17N3OS4/c1-2-21-16-19-18-15(24-16)17-14(20)13-7-12-10(8-22-13)9-5-3-4-6-11(9)23-12/h7H,2-6,8H2,1H3,(H,17,18,20). The Morgan fingerprint density at radius 2 is 2.12 bits per heavy atom. The maximum Gasteiger partial charge on any atom is 0.263 e. The molecule has 0 radical (unpaired) electrons. The first kappa shape index (κ1) is 16.6. The highest BCUT2D eigenvalue weighted by Crippen LogP contribution is 2.42. The van der Waals surface area contributed by atoms with Crippen LogP contribution in [0.1, 0.15) is 40.6 Å². The zero-order valence-electron chi connectivity index (χ0n) is 13.3. The van der Waals surface area contributed by atoms with Gasteiger partial charge in [0.1, 0.15) is 0 Å². The van der Waals surface area contributed by atoms with Crippen LogP contribution in [0.5, 0.6) is 0 Å². The molecule has 126 valence electrons. The maximum absolute atomic E-state index is 12.5. The van der Waals surface area contributed by atoms with Crippen molar-refractivity contribution >= 4 is 63.3 Å². The number of nitrogens with one attached hydrogen (secondary N) is 1. The van der Waals surface area contributed by atoms with Crippen LogP contribution in [0.2, 0.25) is 0 Å². The maximum atomic E-state index is 12.5. The summed E-state index contributed by atoms with van der Waals surface area (Å²) in [4.78, 5) is 16.1. The molecule has 0 atom stereocenters. The Morgan fingerprint density at radius 3 is 3.00 bits per heavy atom. The van der Waals surface area contributed by atoms with E-state index in [1.807, 2.05) is 11.3 Å². The molecule has 2 aliphatic rings. The van der Waals surface area contributed by atoms with Crippen molar-refractivity contribution in [3.63, 3.8) is 0 Å². The number of amides is 1. The molecule has 0 aromatic carbocycles. The van der Waals surface area contributed by atoms with E-state index in [2.05, 4.69) is 28.5 Å². The minimum absolute atomic E-state index is 0.0683. The zero-order chi connectivity index (χ0) is 16.5. The van der Waals surface area contributed by atoms with E-state index in [9.17, 15) is 4.79 Å². The highest BCUT2D eigenvalue weighted by molar-refractivity contribution is 8.03. The molecule has 0 saturated heterocycles. The molecule has 1 aliphatic heterocycles. The van der Waals surface area contributed by atoms with Crippen LogP contribution in [0, 0.1) is 0 Å². The van der Waals surface area contributed by atoms with Gasteiger partial charge in [-0.3, -0.25) is 10.1 Å². The van der Waals surface area contributed by atoms with Gasteiger partial charge in [0.15, 0.2) is 4.34 Å². The van der Waals surface area contributed by atoms with Gasteiger partial charge in [0, 0.05) is 15.5 Å². The predicted octanol–water partition coefficient (Wildman–Crippen LogP) is 4.82. The number of aryl methyl sites for hydroxylation is 1. The van der Waals surface area contributed by atoms with Gasteiger partial charge in [0.05, 0.1) is 4.91 Å². The number of rotatable bonds is 4. The monoisotopic (exact) mass is 395 g/mol. The summed E-state index contributed by atoms with van der Waals surface area (Å²) in [6.07, 6.45) is 7.07. The Kier molecular flexibility index (Phi) is 4.98. The highest BCUT2D eigenvalue weighted by Gasteiger charge is 2.25. The molecule has 3 heterocycles. The number of hydrogen-bond acceptors (Lipinski definition) is 7. The predicted molar refractivity (Wildman–Crippen MR) is 105 cm³/mol. The molecule has 1 aliphatic carbocycles. The van der Waals surface area contributed by atoms with E-state index >= 15 is 0 Å². The van der Waals surface area contributed by atoms with Gasteiger partial charge in [0.25, 0.3) is 5.91 Å². The molecule has 0 saturated carbocycles. The molecule has 1 amide bonds. The van der Waals surface area contributed by atoms with Crippen molar-refractivity contribution in [3.05, 3.63) is 25.8 Å². The van der Waals surface area contributed by atoms with Crippen LogP contribution in [0.15, 0.2) is 9.24 Å². The topological polar surface area (TPSA) is 54.9 Å². The average Bonchev–Trinajstić information content (AvgIpc) is 3.18. The third kappa shape index (κ3) is 3.29. The van der Waals surface area contributed by atoms with Gasteiger partial charge in [-0.25, -0.2) is 0 Å². The van der Waals surface area contributed by atoms with E-state index in [0.29, 0.717) is 5.13 Å². The number of fused-ring (bicyclic) bond motifs is 3. The number of thioether (sulfide) groups is 2.